The van der Waals surface area contributed by atoms with Gasteiger partial charge in [-0.15, -0.1) is 0 Å². The molecule has 0 bridgehead atoms. The van der Waals surface area contributed by atoms with Crippen LogP contribution in [0, 0.1) is 6.92 Å². The quantitative estimate of drug-likeness (QED) is 0.557. The van der Waals surface area contributed by atoms with Gasteiger partial charge in [0, 0.05) is 23.8 Å². The van der Waals surface area contributed by atoms with Crippen LogP contribution in [-0.2, 0) is 6.54 Å². The molecule has 0 aliphatic carbocycles. The van der Waals surface area contributed by atoms with Crippen LogP contribution in [0.1, 0.15) is 29.9 Å². The summed E-state index contributed by atoms with van der Waals surface area (Å²) in [5.74, 6) is 0. The number of aryl methyl sites for hydroxylation is 1. The molecule has 3 nitrogen and oxygen atoms in total. The number of hydrogen-bond acceptors (Lipinski definition) is 2. The van der Waals surface area contributed by atoms with Crippen molar-refractivity contribution < 1.29 is 0 Å². The fourth-order valence-corrected chi connectivity index (χ4v) is 1.55. The molecule has 3 heteroatoms. The summed E-state index contributed by atoms with van der Waals surface area (Å²) in [6.45, 7) is 5.14. The molecule has 2 N–H and O–H groups in total. The number of H-pyrrole nitrogens is 1. The summed E-state index contributed by atoms with van der Waals surface area (Å²) in [6, 6.07) is 0.480. The summed E-state index contributed by atoms with van der Waals surface area (Å²) in [5, 5.41) is 10.5. The molecule has 54 valence electrons. The van der Waals surface area contributed by atoms with Gasteiger partial charge in [0.15, 0.2) is 0 Å². The Hall–Kier alpha value is -0.830. The minimum absolute atomic E-state index is 0.480. The molecular weight excluding hydrogens is 126 g/mol. The Morgan fingerprint density at radius 2 is 2.40 bits per heavy atom. The molecule has 1 aromatic rings. The van der Waals surface area contributed by atoms with Gasteiger partial charge in [0.05, 0.1) is 5.69 Å². The van der Waals surface area contributed by atoms with Crippen molar-refractivity contribution in [2.45, 2.75) is 26.4 Å². The minimum Gasteiger partial charge on any atom is -0.304 e. The van der Waals surface area contributed by atoms with E-state index in [2.05, 4.69) is 29.4 Å². The molecule has 0 radical (unpaired) electrons. The highest BCUT2D eigenvalue weighted by Crippen LogP contribution is 2.24. The number of fused-ring (bicyclic) bond motifs is 1. The lowest BCUT2D eigenvalue weighted by molar-refractivity contribution is 0.620. The van der Waals surface area contributed by atoms with E-state index >= 15 is 0 Å². The van der Waals surface area contributed by atoms with E-state index < -0.39 is 0 Å². The first kappa shape index (κ1) is 5.92. The van der Waals surface area contributed by atoms with E-state index in [9.17, 15) is 0 Å². The molecule has 1 atom stereocenters. The summed E-state index contributed by atoms with van der Waals surface area (Å²) in [5.41, 5.74) is 3.75. The molecule has 1 aliphatic rings. The van der Waals surface area contributed by atoms with E-state index in [0.29, 0.717) is 6.04 Å². The summed E-state index contributed by atoms with van der Waals surface area (Å²) in [6.07, 6.45) is 0. The number of rotatable bonds is 0. The summed E-state index contributed by atoms with van der Waals surface area (Å²) < 4.78 is 0. The second-order valence-corrected chi connectivity index (χ2v) is 2.81. The van der Waals surface area contributed by atoms with E-state index in [4.69, 9.17) is 0 Å². The highest BCUT2D eigenvalue weighted by molar-refractivity contribution is 5.31. The number of aromatic amines is 1. The van der Waals surface area contributed by atoms with Gasteiger partial charge in [-0.05, 0) is 13.8 Å². The lowest BCUT2D eigenvalue weighted by Gasteiger charge is -2.01. The normalized spacial score (nSPS) is 23.2. The maximum atomic E-state index is 4.16. The molecule has 2 heterocycles. The van der Waals surface area contributed by atoms with Crippen LogP contribution in [0.4, 0.5) is 0 Å². The number of nitrogens with one attached hydrogen (secondary N) is 2. The Bertz CT molecular complexity index is 251. The molecule has 2 rings (SSSR count). The summed E-state index contributed by atoms with van der Waals surface area (Å²) >= 11 is 0. The molecular formula is C7H11N3. The Labute approximate surface area is 59.8 Å². The van der Waals surface area contributed by atoms with Crippen LogP contribution in [-0.4, -0.2) is 10.2 Å². The van der Waals surface area contributed by atoms with Crippen LogP contribution in [0.3, 0.4) is 0 Å². The molecule has 0 spiro atoms. The first-order valence-corrected chi connectivity index (χ1v) is 3.56. The van der Waals surface area contributed by atoms with E-state index in [1.54, 1.807) is 0 Å². The first-order chi connectivity index (χ1) is 4.79. The lowest BCUT2D eigenvalue weighted by atomic mass is 10.1. The van der Waals surface area contributed by atoms with Gasteiger partial charge in [0.2, 0.25) is 0 Å². The maximum absolute atomic E-state index is 4.16. The van der Waals surface area contributed by atoms with Gasteiger partial charge in [0.25, 0.3) is 0 Å². The molecule has 0 fully saturated rings. The van der Waals surface area contributed by atoms with Crippen LogP contribution >= 0.6 is 0 Å². The van der Waals surface area contributed by atoms with Crippen LogP contribution in [0.5, 0.6) is 0 Å². The molecule has 0 aromatic carbocycles. The smallest absolute Gasteiger partial charge is 0.0810 e. The van der Waals surface area contributed by atoms with Crippen molar-refractivity contribution in [3.63, 3.8) is 0 Å². The zero-order valence-electron chi connectivity index (χ0n) is 6.23. The number of aromatic nitrogens is 2. The second-order valence-electron chi connectivity index (χ2n) is 2.81. The van der Waals surface area contributed by atoms with Crippen molar-refractivity contribution in [3.05, 3.63) is 17.0 Å². The summed E-state index contributed by atoms with van der Waals surface area (Å²) in [4.78, 5) is 0. The topological polar surface area (TPSA) is 40.7 Å². The van der Waals surface area contributed by atoms with Gasteiger partial charge >= 0.3 is 0 Å². The highest BCUT2D eigenvalue weighted by atomic mass is 15.2. The zero-order valence-corrected chi connectivity index (χ0v) is 6.23. The number of hydrogen-bond donors (Lipinski definition) is 2. The Morgan fingerprint density at radius 1 is 1.60 bits per heavy atom. The fraction of sp³-hybridized carbons (Fsp3) is 0.571. The van der Waals surface area contributed by atoms with Gasteiger partial charge in [-0.25, -0.2) is 0 Å². The lowest BCUT2D eigenvalue weighted by Crippen LogP contribution is -2.08. The van der Waals surface area contributed by atoms with Crippen molar-refractivity contribution in [1.82, 2.24) is 15.5 Å². The zero-order chi connectivity index (χ0) is 7.14. The van der Waals surface area contributed by atoms with Crippen LogP contribution in [0.2, 0.25) is 0 Å². The Morgan fingerprint density at radius 3 is 3.10 bits per heavy atom. The molecule has 1 aliphatic heterocycles. The summed E-state index contributed by atoms with van der Waals surface area (Å²) in [7, 11) is 0. The highest BCUT2D eigenvalue weighted by Gasteiger charge is 2.22. The van der Waals surface area contributed by atoms with Crippen molar-refractivity contribution in [2.24, 2.45) is 0 Å². The van der Waals surface area contributed by atoms with Crippen LogP contribution in [0.15, 0.2) is 0 Å². The molecule has 10 heavy (non-hydrogen) atoms. The molecule has 1 unspecified atom stereocenters. The van der Waals surface area contributed by atoms with E-state index in [-0.39, 0.29) is 0 Å². The largest absolute Gasteiger partial charge is 0.304 e. The Balaban J connectivity index is 2.54. The van der Waals surface area contributed by atoms with E-state index in [1.165, 1.54) is 17.0 Å². The van der Waals surface area contributed by atoms with Crippen molar-refractivity contribution in [3.8, 4) is 0 Å². The van der Waals surface area contributed by atoms with Gasteiger partial charge in [0.1, 0.15) is 0 Å². The molecule has 0 saturated carbocycles. The standard InChI is InChI=1S/C7H11N3/c1-4-7-5(2)9-10-6(7)3-8-4/h4,8H,3H2,1-2H3,(H,9,10). The number of nitrogens with zero attached hydrogens (tertiary/aromatic N) is 1. The van der Waals surface area contributed by atoms with Gasteiger partial charge in [-0.3, -0.25) is 5.10 Å². The third-order valence-corrected chi connectivity index (χ3v) is 2.08. The minimum atomic E-state index is 0.480. The van der Waals surface area contributed by atoms with Crippen LogP contribution < -0.4 is 5.32 Å². The fourth-order valence-electron chi connectivity index (χ4n) is 1.55. The monoisotopic (exact) mass is 137 g/mol. The molecule has 0 amide bonds. The second kappa shape index (κ2) is 1.83. The maximum Gasteiger partial charge on any atom is 0.0810 e. The third kappa shape index (κ3) is 0.609. The van der Waals surface area contributed by atoms with Gasteiger partial charge in [-0.2, -0.15) is 5.10 Å². The SMILES string of the molecule is Cc1[nH]nc2c1C(C)NC2. The molecule has 0 saturated heterocycles. The average Bonchev–Trinajstić information content (AvgIpc) is 2.40. The first-order valence-electron chi connectivity index (χ1n) is 3.56. The van der Waals surface area contributed by atoms with Crippen molar-refractivity contribution >= 4 is 0 Å². The van der Waals surface area contributed by atoms with Crippen LogP contribution in [0.25, 0.3) is 0 Å². The predicted octanol–water partition coefficient (Wildman–Crippen LogP) is 0.882. The van der Waals surface area contributed by atoms with E-state index in [1.807, 2.05) is 0 Å². The average molecular weight is 137 g/mol. The van der Waals surface area contributed by atoms with Gasteiger partial charge < -0.3 is 5.32 Å². The van der Waals surface area contributed by atoms with Gasteiger partial charge in [-0.1, -0.05) is 0 Å². The van der Waals surface area contributed by atoms with Crippen molar-refractivity contribution in [2.75, 3.05) is 0 Å². The molecule has 1 aromatic heterocycles. The van der Waals surface area contributed by atoms with E-state index in [0.717, 1.165) is 6.54 Å². The Kier molecular flexibility index (Phi) is 1.08. The van der Waals surface area contributed by atoms with Crippen molar-refractivity contribution in [1.29, 1.82) is 0 Å². The third-order valence-electron chi connectivity index (χ3n) is 2.08. The predicted molar refractivity (Wildman–Crippen MR) is 38.6 cm³/mol.